The standard InChI is InChI=1S/C28H34F3N3O2/c29-28(30,31)24-7-9-25(10-8-24)33-14-16-34(17-15-33)27(35)21-5-11-26(12-6-21)36-18-2-13-32-19-22-3-1-4-23(22)20-32/h5-12,22-23H,1-4,13-20H2. The molecule has 0 radical (unpaired) electrons. The highest BCUT2D eigenvalue weighted by atomic mass is 19.4. The van der Waals surface area contributed by atoms with Crippen molar-refractivity contribution < 1.29 is 22.7 Å². The third-order valence-corrected chi connectivity index (χ3v) is 7.92. The number of benzene rings is 2. The van der Waals surface area contributed by atoms with E-state index >= 15 is 0 Å². The van der Waals surface area contributed by atoms with Crippen LogP contribution in [0.3, 0.4) is 0 Å². The number of nitrogens with zero attached hydrogens (tertiary/aromatic N) is 3. The maximum Gasteiger partial charge on any atom is 0.416 e. The summed E-state index contributed by atoms with van der Waals surface area (Å²) in [5.41, 5.74) is 0.708. The van der Waals surface area contributed by atoms with Crippen molar-refractivity contribution in [3.8, 4) is 5.75 Å². The number of hydrogen-bond donors (Lipinski definition) is 0. The lowest BCUT2D eigenvalue weighted by atomic mass is 10.0. The van der Waals surface area contributed by atoms with Crippen LogP contribution in [0.1, 0.15) is 41.6 Å². The Hall–Kier alpha value is -2.74. The zero-order valence-electron chi connectivity index (χ0n) is 20.6. The van der Waals surface area contributed by atoms with Gasteiger partial charge in [-0.1, -0.05) is 6.42 Å². The molecule has 36 heavy (non-hydrogen) atoms. The molecule has 2 saturated heterocycles. The molecule has 2 aromatic carbocycles. The monoisotopic (exact) mass is 501 g/mol. The van der Waals surface area contributed by atoms with Crippen molar-refractivity contribution in [3.63, 3.8) is 0 Å². The molecule has 1 aliphatic carbocycles. The molecule has 5 nitrogen and oxygen atoms in total. The average Bonchev–Trinajstić information content (AvgIpc) is 3.49. The maximum atomic E-state index is 12.9. The van der Waals surface area contributed by atoms with E-state index in [-0.39, 0.29) is 5.91 Å². The Labute approximate surface area is 210 Å². The Balaban J connectivity index is 1.04. The summed E-state index contributed by atoms with van der Waals surface area (Å²) in [6, 6.07) is 12.5. The minimum atomic E-state index is -4.34. The number of carbonyl (C=O) groups excluding carboxylic acids is 1. The van der Waals surface area contributed by atoms with Gasteiger partial charge in [0, 0.05) is 57.1 Å². The Bertz CT molecular complexity index is 1010. The molecule has 3 fully saturated rings. The van der Waals surface area contributed by atoms with Crippen molar-refractivity contribution in [3.05, 3.63) is 59.7 Å². The second-order valence-corrected chi connectivity index (χ2v) is 10.3. The molecule has 2 atom stereocenters. The Kier molecular flexibility index (Phi) is 7.42. The zero-order chi connectivity index (χ0) is 25.1. The molecule has 2 heterocycles. The van der Waals surface area contributed by atoms with Crippen LogP contribution in [0.5, 0.6) is 5.75 Å². The van der Waals surface area contributed by atoms with Gasteiger partial charge in [0.05, 0.1) is 12.2 Å². The molecule has 2 unspecified atom stereocenters. The van der Waals surface area contributed by atoms with Gasteiger partial charge in [0.2, 0.25) is 0 Å². The van der Waals surface area contributed by atoms with E-state index in [4.69, 9.17) is 4.74 Å². The van der Waals surface area contributed by atoms with Crippen LogP contribution in [0.2, 0.25) is 0 Å². The molecule has 0 aromatic heterocycles. The van der Waals surface area contributed by atoms with Gasteiger partial charge in [-0.05, 0) is 79.6 Å². The molecule has 2 aliphatic heterocycles. The number of piperazine rings is 1. The molecule has 0 N–H and O–H groups in total. The van der Waals surface area contributed by atoms with Gasteiger partial charge < -0.3 is 19.4 Å². The number of hydrogen-bond acceptors (Lipinski definition) is 4. The molecule has 0 spiro atoms. The number of carbonyl (C=O) groups is 1. The van der Waals surface area contributed by atoms with Crippen LogP contribution in [0.25, 0.3) is 0 Å². The fraction of sp³-hybridized carbons (Fsp3) is 0.536. The van der Waals surface area contributed by atoms with Crippen LogP contribution in [-0.2, 0) is 6.18 Å². The number of likely N-dealkylation sites (tertiary alicyclic amines) is 1. The third kappa shape index (κ3) is 5.80. The number of ether oxygens (including phenoxy) is 1. The number of fused-ring (bicyclic) bond motifs is 1. The summed E-state index contributed by atoms with van der Waals surface area (Å²) in [5.74, 6) is 2.58. The SMILES string of the molecule is O=C(c1ccc(OCCCN2CC3CCCC3C2)cc1)N1CCN(c2ccc(C(F)(F)F)cc2)CC1. The molecule has 1 saturated carbocycles. The summed E-state index contributed by atoms with van der Waals surface area (Å²) in [4.78, 5) is 19.3. The second-order valence-electron chi connectivity index (χ2n) is 10.3. The van der Waals surface area contributed by atoms with Gasteiger partial charge in [0.25, 0.3) is 5.91 Å². The maximum absolute atomic E-state index is 12.9. The predicted molar refractivity (Wildman–Crippen MR) is 133 cm³/mol. The Morgan fingerprint density at radius 2 is 1.53 bits per heavy atom. The van der Waals surface area contributed by atoms with E-state index < -0.39 is 11.7 Å². The van der Waals surface area contributed by atoms with E-state index in [1.807, 2.05) is 29.2 Å². The van der Waals surface area contributed by atoms with E-state index in [2.05, 4.69) is 4.90 Å². The van der Waals surface area contributed by atoms with Gasteiger partial charge in [-0.15, -0.1) is 0 Å². The van der Waals surface area contributed by atoms with Gasteiger partial charge >= 0.3 is 6.18 Å². The quantitative estimate of drug-likeness (QED) is 0.491. The van der Waals surface area contributed by atoms with Crippen LogP contribution in [-0.4, -0.2) is 68.1 Å². The van der Waals surface area contributed by atoms with Crippen LogP contribution in [0, 0.1) is 11.8 Å². The summed E-state index contributed by atoms with van der Waals surface area (Å²) >= 11 is 0. The first-order chi connectivity index (χ1) is 17.4. The van der Waals surface area contributed by atoms with Crippen molar-refractivity contribution in [1.82, 2.24) is 9.80 Å². The van der Waals surface area contributed by atoms with Crippen molar-refractivity contribution in [2.45, 2.75) is 31.9 Å². The molecule has 5 rings (SSSR count). The van der Waals surface area contributed by atoms with Gasteiger partial charge in [0.1, 0.15) is 5.75 Å². The Morgan fingerprint density at radius 3 is 2.14 bits per heavy atom. The minimum Gasteiger partial charge on any atom is -0.494 e. The topological polar surface area (TPSA) is 36.0 Å². The van der Waals surface area contributed by atoms with E-state index in [0.717, 1.165) is 48.4 Å². The van der Waals surface area contributed by atoms with E-state index in [1.54, 1.807) is 4.90 Å². The van der Waals surface area contributed by atoms with Gasteiger partial charge in [-0.3, -0.25) is 4.79 Å². The fourth-order valence-corrected chi connectivity index (χ4v) is 5.90. The Morgan fingerprint density at radius 1 is 0.889 bits per heavy atom. The molecular weight excluding hydrogens is 467 g/mol. The summed E-state index contributed by atoms with van der Waals surface area (Å²) in [6.45, 7) is 6.47. The van der Waals surface area contributed by atoms with Gasteiger partial charge in [-0.25, -0.2) is 0 Å². The zero-order valence-corrected chi connectivity index (χ0v) is 20.6. The van der Waals surface area contributed by atoms with Gasteiger partial charge in [-0.2, -0.15) is 13.2 Å². The average molecular weight is 502 g/mol. The molecular formula is C28H34F3N3O2. The van der Waals surface area contributed by atoms with E-state index in [9.17, 15) is 18.0 Å². The molecule has 3 aliphatic rings. The van der Waals surface area contributed by atoms with Crippen molar-refractivity contribution in [1.29, 1.82) is 0 Å². The molecule has 2 aromatic rings. The smallest absolute Gasteiger partial charge is 0.416 e. The summed E-state index contributed by atoms with van der Waals surface area (Å²) in [7, 11) is 0. The highest BCUT2D eigenvalue weighted by molar-refractivity contribution is 5.94. The normalized spacial score (nSPS) is 22.6. The van der Waals surface area contributed by atoms with Crippen LogP contribution >= 0.6 is 0 Å². The van der Waals surface area contributed by atoms with Crippen molar-refractivity contribution in [2.24, 2.45) is 11.8 Å². The highest BCUT2D eigenvalue weighted by Crippen LogP contribution is 2.37. The summed E-state index contributed by atoms with van der Waals surface area (Å²) in [5, 5.41) is 0. The molecule has 1 amide bonds. The minimum absolute atomic E-state index is 0.0341. The van der Waals surface area contributed by atoms with Crippen molar-refractivity contribution >= 4 is 11.6 Å². The number of amides is 1. The van der Waals surface area contributed by atoms with Crippen molar-refractivity contribution in [2.75, 3.05) is 57.3 Å². The van der Waals surface area contributed by atoms with E-state index in [1.165, 1.54) is 44.5 Å². The van der Waals surface area contributed by atoms with Crippen LogP contribution in [0.15, 0.2) is 48.5 Å². The predicted octanol–water partition coefficient (Wildman–Crippen LogP) is 5.17. The number of rotatable bonds is 7. The highest BCUT2D eigenvalue weighted by Gasteiger charge is 2.35. The lowest BCUT2D eigenvalue weighted by molar-refractivity contribution is -0.137. The number of anilines is 1. The lowest BCUT2D eigenvalue weighted by Crippen LogP contribution is -2.48. The lowest BCUT2D eigenvalue weighted by Gasteiger charge is -2.36. The molecule has 8 heteroatoms. The van der Waals surface area contributed by atoms with Crippen LogP contribution < -0.4 is 9.64 Å². The number of halogens is 3. The third-order valence-electron chi connectivity index (χ3n) is 7.92. The first-order valence-corrected chi connectivity index (χ1v) is 13.0. The summed E-state index contributed by atoms with van der Waals surface area (Å²) in [6.07, 6.45) is 0.874. The number of alkyl halides is 3. The second kappa shape index (κ2) is 10.7. The molecule has 0 bridgehead atoms. The van der Waals surface area contributed by atoms with Crippen LogP contribution in [0.4, 0.5) is 18.9 Å². The largest absolute Gasteiger partial charge is 0.494 e. The van der Waals surface area contributed by atoms with E-state index in [0.29, 0.717) is 38.3 Å². The summed E-state index contributed by atoms with van der Waals surface area (Å²) < 4.78 is 44.3. The first kappa shape index (κ1) is 24.9. The fourth-order valence-electron chi connectivity index (χ4n) is 5.90. The van der Waals surface area contributed by atoms with Gasteiger partial charge in [0.15, 0.2) is 0 Å². The molecule has 194 valence electrons. The first-order valence-electron chi connectivity index (χ1n) is 13.0.